The van der Waals surface area contributed by atoms with E-state index in [0.29, 0.717) is 29.6 Å². The first-order valence-corrected chi connectivity index (χ1v) is 25.4. The number of allylic oxidation sites excluding steroid dienone is 8. The standard InChI is InChI=1S/C67H68O/c1-35-36(2)40(6)60(41(7)37(35)3)62-46(12)65-64-45(11)44(10)59(47(13)66(64)68-67(65)63-43(9)39(5)38(4)42(8)61(62)63)58-33-56(54-24-23-49-21-17-18-22-50(49)29-54)32-57(34-58)55-28-27-52-30-51(25-26-53(52)31-55)48-19-15-14-16-20-48/h14-31,52-53,56-58H,32-34H2,1-13H3. The van der Waals surface area contributed by atoms with Crippen molar-refractivity contribution >= 4 is 49.1 Å². The van der Waals surface area contributed by atoms with Gasteiger partial charge in [-0.05, 0) is 254 Å². The Morgan fingerprint density at radius 3 is 1.66 bits per heavy atom. The van der Waals surface area contributed by atoms with Crippen LogP contribution in [0.25, 0.3) is 60.2 Å². The molecule has 1 aromatic heterocycles. The summed E-state index contributed by atoms with van der Waals surface area (Å²) >= 11 is 0. The predicted molar refractivity (Wildman–Crippen MR) is 293 cm³/mol. The molecule has 8 aromatic rings. The zero-order chi connectivity index (χ0) is 47.6. The van der Waals surface area contributed by atoms with Gasteiger partial charge in [0, 0.05) is 28.0 Å². The molecular weight excluding hydrogens is 821 g/mol. The number of rotatable bonds is 5. The molecule has 0 radical (unpaired) electrons. The topological polar surface area (TPSA) is 13.1 Å². The molecule has 3 aliphatic rings. The van der Waals surface area contributed by atoms with Crippen molar-refractivity contribution < 1.29 is 4.42 Å². The zero-order valence-electron chi connectivity index (χ0n) is 42.8. The maximum absolute atomic E-state index is 7.56. The molecule has 7 aromatic carbocycles. The number of fused-ring (bicyclic) bond motifs is 7. The van der Waals surface area contributed by atoms with Crippen molar-refractivity contribution in [2.75, 3.05) is 0 Å². The second-order valence-corrected chi connectivity index (χ2v) is 21.5. The summed E-state index contributed by atoms with van der Waals surface area (Å²) in [6, 6.07) is 27.0. The van der Waals surface area contributed by atoms with Gasteiger partial charge in [-0.25, -0.2) is 0 Å². The van der Waals surface area contributed by atoms with Crippen molar-refractivity contribution in [1.29, 1.82) is 0 Å². The van der Waals surface area contributed by atoms with E-state index in [0.717, 1.165) is 30.4 Å². The predicted octanol–water partition coefficient (Wildman–Crippen LogP) is 18.6. The number of aryl methyl sites for hydroxylation is 5. The van der Waals surface area contributed by atoms with E-state index >= 15 is 0 Å². The molecular formula is C67H68O. The van der Waals surface area contributed by atoms with Gasteiger partial charge >= 0.3 is 0 Å². The first kappa shape index (κ1) is 44.3. The van der Waals surface area contributed by atoms with Gasteiger partial charge in [0.05, 0.1) is 0 Å². The van der Waals surface area contributed by atoms with Gasteiger partial charge < -0.3 is 4.42 Å². The summed E-state index contributed by atoms with van der Waals surface area (Å²) < 4.78 is 7.56. The number of furan rings is 1. The Hall–Kier alpha value is -6.18. The van der Waals surface area contributed by atoms with Crippen molar-refractivity contribution in [2.24, 2.45) is 17.8 Å². The van der Waals surface area contributed by atoms with Crippen LogP contribution < -0.4 is 0 Å². The van der Waals surface area contributed by atoms with Crippen molar-refractivity contribution in [1.82, 2.24) is 0 Å². The first-order chi connectivity index (χ1) is 32.6. The highest BCUT2D eigenvalue weighted by atomic mass is 16.3. The Bertz CT molecular complexity index is 3550. The molecule has 11 rings (SSSR count). The molecule has 0 N–H and O–H groups in total. The molecule has 0 spiro atoms. The molecule has 5 atom stereocenters. The van der Waals surface area contributed by atoms with Gasteiger partial charge in [-0.3, -0.25) is 0 Å². The molecule has 5 unspecified atom stereocenters. The van der Waals surface area contributed by atoms with Gasteiger partial charge in [-0.2, -0.15) is 0 Å². The van der Waals surface area contributed by atoms with Crippen molar-refractivity contribution in [2.45, 2.75) is 121 Å². The highest BCUT2D eigenvalue weighted by molar-refractivity contribution is 6.24. The molecule has 0 saturated heterocycles. The molecule has 68 heavy (non-hydrogen) atoms. The molecule has 1 fully saturated rings. The summed E-state index contributed by atoms with van der Waals surface area (Å²) in [6.45, 7) is 30.6. The van der Waals surface area contributed by atoms with Crippen LogP contribution >= 0.6 is 0 Å². The molecule has 1 heterocycles. The van der Waals surface area contributed by atoms with Gasteiger partial charge in [0.1, 0.15) is 11.2 Å². The van der Waals surface area contributed by atoms with E-state index in [1.165, 1.54) is 144 Å². The van der Waals surface area contributed by atoms with Crippen LogP contribution in [0.3, 0.4) is 0 Å². The van der Waals surface area contributed by atoms with Crippen LogP contribution in [0.4, 0.5) is 0 Å². The maximum atomic E-state index is 7.56. The Morgan fingerprint density at radius 2 is 0.941 bits per heavy atom. The molecule has 342 valence electrons. The lowest BCUT2D eigenvalue weighted by Crippen LogP contribution is -2.25. The van der Waals surface area contributed by atoms with E-state index < -0.39 is 0 Å². The number of hydrogen-bond donors (Lipinski definition) is 0. The van der Waals surface area contributed by atoms with Crippen LogP contribution in [-0.4, -0.2) is 0 Å². The van der Waals surface area contributed by atoms with Crippen LogP contribution in [0.5, 0.6) is 0 Å². The third-order valence-electron chi connectivity index (χ3n) is 18.3. The van der Waals surface area contributed by atoms with E-state index in [1.807, 2.05) is 0 Å². The summed E-state index contributed by atoms with van der Waals surface area (Å²) in [5.41, 5.74) is 29.9. The average Bonchev–Trinajstić information content (AvgIpc) is 3.77. The van der Waals surface area contributed by atoms with E-state index in [4.69, 9.17) is 4.42 Å². The van der Waals surface area contributed by atoms with Crippen LogP contribution in [-0.2, 0) is 0 Å². The second kappa shape index (κ2) is 16.5. The van der Waals surface area contributed by atoms with Crippen molar-refractivity contribution in [3.8, 4) is 11.1 Å². The van der Waals surface area contributed by atoms with E-state index in [1.54, 1.807) is 0 Å². The van der Waals surface area contributed by atoms with Crippen LogP contribution in [0.15, 0.2) is 119 Å². The largest absolute Gasteiger partial charge is 0.455 e. The zero-order valence-corrected chi connectivity index (χ0v) is 42.8. The van der Waals surface area contributed by atoms with Crippen LogP contribution in [0.1, 0.15) is 120 Å². The third-order valence-corrected chi connectivity index (χ3v) is 18.3. The Labute approximate surface area is 405 Å². The monoisotopic (exact) mass is 889 g/mol. The summed E-state index contributed by atoms with van der Waals surface area (Å²) in [4.78, 5) is 0. The first-order valence-electron chi connectivity index (χ1n) is 25.4. The summed E-state index contributed by atoms with van der Waals surface area (Å²) in [5, 5.41) is 7.90. The van der Waals surface area contributed by atoms with Gasteiger partial charge in [-0.15, -0.1) is 0 Å². The average molecular weight is 889 g/mol. The van der Waals surface area contributed by atoms with Gasteiger partial charge in [0.25, 0.3) is 0 Å². The molecule has 1 nitrogen and oxygen atoms in total. The number of hydrogen-bond acceptors (Lipinski definition) is 1. The number of benzene rings is 7. The lowest BCUT2D eigenvalue weighted by Gasteiger charge is -2.39. The lowest BCUT2D eigenvalue weighted by atomic mass is 9.65. The molecule has 0 bridgehead atoms. The second-order valence-electron chi connectivity index (χ2n) is 21.5. The normalized spacial score (nSPS) is 20.5. The SMILES string of the molecule is Cc1c(C)c(C)c(-c2c(C)c3c(oc4c(C)c(C5CC(C6=CC7C=CC(c8ccccc8)=CC7C=C6)CC(c6ccc7ccccc7c6)C5)c(C)c(C)c43)c3c(C)c(C)c(C)c(C)c23)c(C)c1C. The minimum absolute atomic E-state index is 0.377. The fraction of sp³-hybridized carbons (Fsp3) is 0.313. The molecule has 3 aliphatic carbocycles. The smallest absolute Gasteiger partial charge is 0.143 e. The van der Waals surface area contributed by atoms with Crippen LogP contribution in [0, 0.1) is 108 Å². The summed E-state index contributed by atoms with van der Waals surface area (Å²) in [5.74, 6) is 2.02. The Balaban J connectivity index is 1.10. The van der Waals surface area contributed by atoms with Crippen molar-refractivity contribution in [3.63, 3.8) is 0 Å². The molecule has 0 amide bonds. The molecule has 1 saturated carbocycles. The highest BCUT2D eigenvalue weighted by Gasteiger charge is 2.37. The highest BCUT2D eigenvalue weighted by Crippen LogP contribution is 2.54. The van der Waals surface area contributed by atoms with Gasteiger partial charge in [-0.1, -0.05) is 109 Å². The fourth-order valence-corrected chi connectivity index (χ4v) is 13.6. The fourth-order valence-electron chi connectivity index (χ4n) is 13.6. The quantitative estimate of drug-likeness (QED) is 0.168. The van der Waals surface area contributed by atoms with Crippen LogP contribution in [0.2, 0.25) is 0 Å². The Morgan fingerprint density at radius 1 is 0.397 bits per heavy atom. The van der Waals surface area contributed by atoms with Crippen molar-refractivity contribution in [3.05, 3.63) is 204 Å². The summed E-state index contributed by atoms with van der Waals surface area (Å²) in [7, 11) is 0. The van der Waals surface area contributed by atoms with Gasteiger partial charge in [0.2, 0.25) is 0 Å². The minimum Gasteiger partial charge on any atom is -0.455 e. The van der Waals surface area contributed by atoms with Gasteiger partial charge in [0.15, 0.2) is 0 Å². The molecule has 1 heteroatoms. The van der Waals surface area contributed by atoms with E-state index in [9.17, 15) is 0 Å². The summed E-state index contributed by atoms with van der Waals surface area (Å²) in [6.07, 6.45) is 18.3. The maximum Gasteiger partial charge on any atom is 0.143 e. The van der Waals surface area contributed by atoms with E-state index in [-0.39, 0.29) is 0 Å². The molecule has 0 aliphatic heterocycles. The van der Waals surface area contributed by atoms with E-state index in [2.05, 4.69) is 199 Å². The Kier molecular flexibility index (Phi) is 10.8. The lowest BCUT2D eigenvalue weighted by molar-refractivity contribution is 0.321. The third kappa shape index (κ3) is 6.70. The minimum atomic E-state index is 0.377.